The second-order valence-corrected chi connectivity index (χ2v) is 4.70. The topological polar surface area (TPSA) is 157 Å². The molecule has 0 spiro atoms. The lowest BCUT2D eigenvalue weighted by molar-refractivity contribution is -0.166. The van der Waals surface area contributed by atoms with Crippen molar-refractivity contribution in [1.82, 2.24) is 19.5 Å². The zero-order valence-electron chi connectivity index (χ0n) is 10.7. The Kier molecular flexibility index (Phi) is 3.10. The fourth-order valence-electron chi connectivity index (χ4n) is 2.47. The summed E-state index contributed by atoms with van der Waals surface area (Å²) in [6.07, 6.45) is -1.51. The van der Waals surface area contributed by atoms with Gasteiger partial charge in [0.15, 0.2) is 23.5 Å². The maximum absolute atomic E-state index is 10.9. The average Bonchev–Trinajstić information content (AvgIpc) is 3.03. The number of nitrogens with two attached hydrogens (primary N) is 1. The molecule has 0 aliphatic carbocycles. The van der Waals surface area contributed by atoms with E-state index in [9.17, 15) is 20.1 Å². The monoisotopic (exact) mass is 295 g/mol. The van der Waals surface area contributed by atoms with Crippen LogP contribution < -0.4 is 5.73 Å². The quantitative estimate of drug-likeness (QED) is 0.445. The van der Waals surface area contributed by atoms with Crippen LogP contribution in [0.3, 0.4) is 0 Å². The van der Waals surface area contributed by atoms with Crippen molar-refractivity contribution in [3.63, 3.8) is 0 Å². The highest BCUT2D eigenvalue weighted by Gasteiger charge is 2.56. The summed E-state index contributed by atoms with van der Waals surface area (Å²) < 4.78 is 6.60. The number of nitrogen functional groups attached to an aromatic ring is 1. The molecule has 0 radical (unpaired) electrons. The molecule has 1 aliphatic rings. The summed E-state index contributed by atoms with van der Waals surface area (Å²) in [4.78, 5) is 22.7. The van der Waals surface area contributed by atoms with E-state index in [2.05, 4.69) is 15.0 Å². The molecule has 2 aromatic rings. The number of carbonyl (C=O) groups is 1. The van der Waals surface area contributed by atoms with Crippen LogP contribution in [0.2, 0.25) is 0 Å². The van der Waals surface area contributed by atoms with Crippen molar-refractivity contribution < 1.29 is 24.9 Å². The van der Waals surface area contributed by atoms with Gasteiger partial charge in [-0.1, -0.05) is 0 Å². The number of aliphatic hydroxyl groups is 3. The number of aldehydes is 1. The molecule has 1 saturated heterocycles. The second-order valence-electron chi connectivity index (χ2n) is 4.70. The van der Waals surface area contributed by atoms with Crippen LogP contribution in [0.25, 0.3) is 11.2 Å². The molecule has 2 aromatic heterocycles. The van der Waals surface area contributed by atoms with Crippen molar-refractivity contribution in [3.8, 4) is 0 Å². The van der Waals surface area contributed by atoms with Crippen LogP contribution in [-0.4, -0.2) is 66.0 Å². The Labute approximate surface area is 117 Å². The lowest BCUT2D eigenvalue weighted by Crippen LogP contribution is -2.48. The van der Waals surface area contributed by atoms with Gasteiger partial charge in [0, 0.05) is 0 Å². The zero-order chi connectivity index (χ0) is 15.2. The lowest BCUT2D eigenvalue weighted by Gasteiger charge is -2.31. The molecule has 3 heterocycles. The first-order chi connectivity index (χ1) is 10.0. The maximum Gasteiger partial charge on any atom is 0.200 e. The van der Waals surface area contributed by atoms with Crippen molar-refractivity contribution in [3.05, 3.63) is 12.7 Å². The third-order valence-electron chi connectivity index (χ3n) is 3.59. The van der Waals surface area contributed by atoms with Crippen molar-refractivity contribution in [1.29, 1.82) is 0 Å². The van der Waals surface area contributed by atoms with Gasteiger partial charge in [-0.25, -0.2) is 15.0 Å². The predicted molar refractivity (Wildman–Crippen MR) is 67.7 cm³/mol. The molecular weight excluding hydrogens is 282 g/mol. The van der Waals surface area contributed by atoms with Crippen molar-refractivity contribution >= 4 is 23.3 Å². The lowest BCUT2D eigenvalue weighted by atomic mass is 10.0. The smallest absolute Gasteiger partial charge is 0.200 e. The molecule has 4 atom stereocenters. The molecule has 1 fully saturated rings. The first-order valence-electron chi connectivity index (χ1n) is 6.09. The van der Waals surface area contributed by atoms with Gasteiger partial charge in [0.05, 0.1) is 12.9 Å². The standard InChI is InChI=1S/C11H13N5O5/c12-9-6-10(14-3-13-9)16(4-15-6)11(2-18)8(20)7(19)5(1-17)21-11/h1,3-5,7-8,18-20H,2H2,(H2,12,13,14)/t5?,7-,8-,11-/m1/s1. The van der Waals surface area contributed by atoms with E-state index in [0.717, 1.165) is 0 Å². The normalized spacial score (nSPS) is 32.6. The van der Waals surface area contributed by atoms with Gasteiger partial charge in [0.25, 0.3) is 0 Å². The van der Waals surface area contributed by atoms with E-state index in [1.165, 1.54) is 17.2 Å². The minimum Gasteiger partial charge on any atom is -0.391 e. The molecule has 21 heavy (non-hydrogen) atoms. The van der Waals surface area contributed by atoms with Crippen LogP contribution in [-0.2, 0) is 15.3 Å². The molecule has 10 nitrogen and oxygen atoms in total. The van der Waals surface area contributed by atoms with Crippen LogP contribution in [0, 0.1) is 0 Å². The van der Waals surface area contributed by atoms with Crippen LogP contribution in [0.5, 0.6) is 0 Å². The SMILES string of the molecule is Nc1ncnc2c1ncn2[C@]1(CO)OC(C=O)[C@@H](O)[C@H]1O. The first-order valence-corrected chi connectivity index (χ1v) is 6.09. The Morgan fingerprint density at radius 1 is 1.43 bits per heavy atom. The van der Waals surface area contributed by atoms with Gasteiger partial charge in [-0.15, -0.1) is 0 Å². The van der Waals surface area contributed by atoms with Crippen molar-refractivity contribution in [2.75, 3.05) is 12.3 Å². The van der Waals surface area contributed by atoms with Crippen molar-refractivity contribution in [2.45, 2.75) is 24.0 Å². The van der Waals surface area contributed by atoms with Crippen LogP contribution in [0.15, 0.2) is 12.7 Å². The Morgan fingerprint density at radius 2 is 2.19 bits per heavy atom. The number of anilines is 1. The van der Waals surface area contributed by atoms with Crippen LogP contribution >= 0.6 is 0 Å². The average molecular weight is 295 g/mol. The second kappa shape index (κ2) is 4.70. The molecule has 5 N–H and O–H groups in total. The summed E-state index contributed by atoms with van der Waals surface area (Å²) in [5.74, 6) is 0.117. The number of hydrogen-bond acceptors (Lipinski definition) is 9. The van der Waals surface area contributed by atoms with Gasteiger partial charge in [0.2, 0.25) is 0 Å². The first kappa shape index (κ1) is 13.8. The Morgan fingerprint density at radius 3 is 2.81 bits per heavy atom. The number of nitrogens with zero attached hydrogens (tertiary/aromatic N) is 4. The van der Waals surface area contributed by atoms with Gasteiger partial charge in [-0.05, 0) is 0 Å². The summed E-state index contributed by atoms with van der Waals surface area (Å²) in [7, 11) is 0. The Hall–Kier alpha value is -2.14. The van der Waals surface area contributed by atoms with Gasteiger partial charge in [-0.2, -0.15) is 0 Å². The largest absolute Gasteiger partial charge is 0.391 e. The fourth-order valence-corrected chi connectivity index (χ4v) is 2.47. The van der Waals surface area contributed by atoms with Gasteiger partial charge in [-0.3, -0.25) is 4.57 Å². The Balaban J connectivity index is 2.19. The fraction of sp³-hybridized carbons (Fsp3) is 0.455. The van der Waals surface area contributed by atoms with E-state index in [0.29, 0.717) is 6.29 Å². The van der Waals surface area contributed by atoms with Gasteiger partial charge >= 0.3 is 0 Å². The molecule has 0 saturated carbocycles. The van der Waals surface area contributed by atoms with Gasteiger partial charge in [0.1, 0.15) is 30.2 Å². The Bertz CT molecular complexity index is 691. The number of aliphatic hydroxyl groups excluding tert-OH is 3. The summed E-state index contributed by atoms with van der Waals surface area (Å²) in [5, 5.41) is 29.7. The number of rotatable bonds is 3. The minimum absolute atomic E-state index is 0.117. The maximum atomic E-state index is 10.9. The molecule has 1 aliphatic heterocycles. The number of fused-ring (bicyclic) bond motifs is 1. The van der Waals surface area contributed by atoms with E-state index < -0.39 is 30.6 Å². The van der Waals surface area contributed by atoms with Crippen molar-refractivity contribution in [2.24, 2.45) is 0 Å². The molecule has 3 rings (SSSR count). The number of imidazole rings is 1. The third kappa shape index (κ3) is 1.74. The highest BCUT2D eigenvalue weighted by molar-refractivity contribution is 5.81. The van der Waals surface area contributed by atoms with Gasteiger partial charge < -0.3 is 30.6 Å². The van der Waals surface area contributed by atoms with Crippen LogP contribution in [0.4, 0.5) is 5.82 Å². The summed E-state index contributed by atoms with van der Waals surface area (Å²) in [6, 6.07) is 0. The van der Waals surface area contributed by atoms with E-state index in [4.69, 9.17) is 10.5 Å². The highest BCUT2D eigenvalue weighted by Crippen LogP contribution is 2.36. The summed E-state index contributed by atoms with van der Waals surface area (Å²) in [6.45, 7) is -0.703. The molecule has 0 amide bonds. The zero-order valence-corrected chi connectivity index (χ0v) is 10.7. The number of aromatic nitrogens is 4. The molecule has 0 aromatic carbocycles. The molecule has 0 bridgehead atoms. The number of ether oxygens (including phenoxy) is 1. The predicted octanol–water partition coefficient (Wildman–Crippen LogP) is -2.63. The summed E-state index contributed by atoms with van der Waals surface area (Å²) >= 11 is 0. The van der Waals surface area contributed by atoms with E-state index in [-0.39, 0.29) is 17.0 Å². The summed E-state index contributed by atoms with van der Waals surface area (Å²) in [5.41, 5.74) is 4.35. The minimum atomic E-state index is -1.78. The molecule has 112 valence electrons. The third-order valence-corrected chi connectivity index (χ3v) is 3.59. The number of carbonyl (C=O) groups excluding carboxylic acids is 1. The molecular formula is C11H13N5O5. The molecule has 1 unspecified atom stereocenters. The van der Waals surface area contributed by atoms with E-state index in [1.54, 1.807) is 0 Å². The van der Waals surface area contributed by atoms with Crippen LogP contribution in [0.1, 0.15) is 0 Å². The highest BCUT2D eigenvalue weighted by atomic mass is 16.6. The van der Waals surface area contributed by atoms with E-state index in [1.807, 2.05) is 0 Å². The van der Waals surface area contributed by atoms with E-state index >= 15 is 0 Å². The molecule has 10 heteroatoms. The number of hydrogen-bond donors (Lipinski definition) is 4.